The van der Waals surface area contributed by atoms with E-state index in [4.69, 9.17) is 16.3 Å². The average molecular weight is 421 g/mol. The molecule has 2 heterocycles. The summed E-state index contributed by atoms with van der Waals surface area (Å²) in [6, 6.07) is 14.5. The van der Waals surface area contributed by atoms with Crippen LogP contribution in [0, 0.1) is 5.92 Å². The lowest BCUT2D eigenvalue weighted by molar-refractivity contribution is -0.129. The average Bonchev–Trinajstić information content (AvgIpc) is 3.12. The van der Waals surface area contributed by atoms with Crippen LogP contribution in [-0.4, -0.2) is 36.0 Å². The third-order valence-electron chi connectivity index (χ3n) is 7.08. The lowest BCUT2D eigenvalue weighted by Crippen LogP contribution is -2.54. The summed E-state index contributed by atoms with van der Waals surface area (Å²) in [5.41, 5.74) is 4.99. The molecule has 1 saturated heterocycles. The summed E-state index contributed by atoms with van der Waals surface area (Å²) in [6.45, 7) is 5.16. The minimum absolute atomic E-state index is 0.0192. The molecule has 1 aromatic heterocycles. The van der Waals surface area contributed by atoms with E-state index >= 15 is 0 Å². The molecule has 2 aliphatic rings. The van der Waals surface area contributed by atoms with E-state index in [-0.39, 0.29) is 11.3 Å². The zero-order valence-electron chi connectivity index (χ0n) is 17.1. The maximum Gasteiger partial charge on any atom is 0.245 e. The molecule has 2 aromatic carbocycles. The number of ether oxygens (including phenoxy) is 1. The Bertz CT molecular complexity index is 1150. The third-order valence-corrected chi connectivity index (χ3v) is 7.32. The van der Waals surface area contributed by atoms with Crippen LogP contribution in [0.3, 0.4) is 0 Å². The molecular weight excluding hydrogens is 396 g/mol. The van der Waals surface area contributed by atoms with Crippen molar-refractivity contribution in [2.75, 3.05) is 20.2 Å². The summed E-state index contributed by atoms with van der Waals surface area (Å²) in [7, 11) is 1.71. The number of aromatic nitrogens is 1. The quantitative estimate of drug-likeness (QED) is 0.612. The van der Waals surface area contributed by atoms with Crippen LogP contribution in [0.5, 0.6) is 5.75 Å². The first-order chi connectivity index (χ1) is 14.5. The van der Waals surface area contributed by atoms with Gasteiger partial charge in [0.1, 0.15) is 5.75 Å². The standard InChI is InChI=1S/C25H25ClN2O2/c1-3-24(29)28-10-9-25(16-5-4-6-19(11-16)30-2)14-23-21(12-17(25)15-28)20-8-7-18(26)13-22(20)27-23/h3-8,11,13,17,27H,1,9-10,12,14-15H2,2H3. The third kappa shape index (κ3) is 2.93. The number of halogens is 1. The van der Waals surface area contributed by atoms with Gasteiger partial charge in [-0.05, 0) is 66.6 Å². The number of likely N-dealkylation sites (tertiary alicyclic amines) is 1. The maximum atomic E-state index is 12.4. The van der Waals surface area contributed by atoms with Gasteiger partial charge in [0.2, 0.25) is 5.91 Å². The molecule has 1 aliphatic heterocycles. The van der Waals surface area contributed by atoms with Crippen molar-refractivity contribution in [1.82, 2.24) is 9.88 Å². The van der Waals surface area contributed by atoms with Crippen molar-refractivity contribution in [2.24, 2.45) is 5.92 Å². The Morgan fingerprint density at radius 3 is 3.00 bits per heavy atom. The molecule has 5 rings (SSSR count). The van der Waals surface area contributed by atoms with E-state index in [1.54, 1.807) is 7.11 Å². The molecule has 3 aromatic rings. The first kappa shape index (κ1) is 19.3. The van der Waals surface area contributed by atoms with E-state index < -0.39 is 0 Å². The molecule has 0 bridgehead atoms. The molecule has 0 radical (unpaired) electrons. The van der Waals surface area contributed by atoms with Crippen molar-refractivity contribution in [3.63, 3.8) is 0 Å². The zero-order chi connectivity index (χ0) is 20.9. The molecule has 4 nitrogen and oxygen atoms in total. The molecule has 2 unspecified atom stereocenters. The minimum atomic E-state index is -0.0375. The van der Waals surface area contributed by atoms with Crippen molar-refractivity contribution in [3.8, 4) is 5.75 Å². The normalized spacial score (nSPS) is 23.0. The van der Waals surface area contributed by atoms with Crippen LogP contribution in [0.1, 0.15) is 23.2 Å². The number of carbonyl (C=O) groups is 1. The Morgan fingerprint density at radius 2 is 2.20 bits per heavy atom. The highest BCUT2D eigenvalue weighted by atomic mass is 35.5. The number of fused-ring (bicyclic) bond motifs is 4. The highest BCUT2D eigenvalue weighted by Gasteiger charge is 2.48. The molecule has 1 amide bonds. The SMILES string of the molecule is C=CC(=O)N1CCC2(c3cccc(OC)c3)Cc3[nH]c4cc(Cl)ccc4c3CC2C1. The largest absolute Gasteiger partial charge is 0.497 e. The van der Waals surface area contributed by atoms with Gasteiger partial charge in [-0.3, -0.25) is 4.79 Å². The van der Waals surface area contributed by atoms with Gasteiger partial charge in [0.25, 0.3) is 0 Å². The fraction of sp³-hybridized carbons (Fsp3) is 0.320. The Morgan fingerprint density at radius 1 is 1.33 bits per heavy atom. The fourth-order valence-corrected chi connectivity index (χ4v) is 5.71. The number of nitrogens with one attached hydrogen (secondary N) is 1. The Balaban J connectivity index is 1.64. The summed E-state index contributed by atoms with van der Waals surface area (Å²) in [4.78, 5) is 18.0. The monoisotopic (exact) mass is 420 g/mol. The van der Waals surface area contributed by atoms with E-state index in [1.807, 2.05) is 23.1 Å². The number of piperidine rings is 1. The number of amides is 1. The Hall–Kier alpha value is -2.72. The van der Waals surface area contributed by atoms with E-state index in [0.29, 0.717) is 5.92 Å². The Labute approximate surface area is 181 Å². The molecule has 0 saturated carbocycles. The molecule has 1 fully saturated rings. The second-order valence-electron chi connectivity index (χ2n) is 8.48. The first-order valence-electron chi connectivity index (χ1n) is 10.4. The second kappa shape index (κ2) is 7.21. The van der Waals surface area contributed by atoms with Gasteiger partial charge in [-0.15, -0.1) is 0 Å². The molecular formula is C25H25ClN2O2. The highest BCUT2D eigenvalue weighted by molar-refractivity contribution is 6.31. The number of H-pyrrole nitrogens is 1. The van der Waals surface area contributed by atoms with Gasteiger partial charge in [0.15, 0.2) is 0 Å². The summed E-state index contributed by atoms with van der Waals surface area (Å²) >= 11 is 6.24. The molecule has 5 heteroatoms. The predicted octanol–water partition coefficient (Wildman–Crippen LogP) is 4.90. The van der Waals surface area contributed by atoms with Crippen molar-refractivity contribution in [3.05, 3.63) is 77.0 Å². The molecule has 1 N–H and O–H groups in total. The number of aromatic amines is 1. The lowest BCUT2D eigenvalue weighted by atomic mass is 9.58. The van der Waals surface area contributed by atoms with Gasteiger partial charge < -0.3 is 14.6 Å². The highest BCUT2D eigenvalue weighted by Crippen LogP contribution is 2.49. The number of nitrogens with zero attached hydrogens (tertiary/aromatic N) is 1. The van der Waals surface area contributed by atoms with Gasteiger partial charge in [-0.25, -0.2) is 0 Å². The van der Waals surface area contributed by atoms with Crippen LogP contribution in [0.2, 0.25) is 5.02 Å². The smallest absolute Gasteiger partial charge is 0.245 e. The van der Waals surface area contributed by atoms with Crippen LogP contribution in [0.4, 0.5) is 0 Å². The number of benzene rings is 2. The first-order valence-corrected chi connectivity index (χ1v) is 10.8. The summed E-state index contributed by atoms with van der Waals surface area (Å²) in [6.07, 6.45) is 4.19. The maximum absolute atomic E-state index is 12.4. The van der Waals surface area contributed by atoms with Gasteiger partial charge in [0, 0.05) is 40.1 Å². The van der Waals surface area contributed by atoms with E-state index in [2.05, 4.69) is 35.8 Å². The second-order valence-corrected chi connectivity index (χ2v) is 8.91. The van der Waals surface area contributed by atoms with Crippen molar-refractivity contribution >= 4 is 28.4 Å². The molecule has 1 aliphatic carbocycles. The van der Waals surface area contributed by atoms with Crippen LogP contribution < -0.4 is 4.74 Å². The van der Waals surface area contributed by atoms with Gasteiger partial charge in [-0.2, -0.15) is 0 Å². The minimum Gasteiger partial charge on any atom is -0.497 e. The number of methoxy groups -OCH3 is 1. The Kier molecular flexibility index (Phi) is 4.62. The number of hydrogen-bond donors (Lipinski definition) is 1. The summed E-state index contributed by atoms with van der Waals surface area (Å²) < 4.78 is 5.53. The lowest BCUT2D eigenvalue weighted by Gasteiger charge is -2.51. The number of rotatable bonds is 3. The van der Waals surface area contributed by atoms with Crippen molar-refractivity contribution in [2.45, 2.75) is 24.7 Å². The molecule has 0 spiro atoms. The predicted molar refractivity (Wildman–Crippen MR) is 120 cm³/mol. The van der Waals surface area contributed by atoms with Gasteiger partial charge in [-0.1, -0.05) is 36.4 Å². The van der Waals surface area contributed by atoms with Gasteiger partial charge >= 0.3 is 0 Å². The molecule has 154 valence electrons. The number of hydrogen-bond acceptors (Lipinski definition) is 2. The van der Waals surface area contributed by atoms with Crippen LogP contribution in [0.15, 0.2) is 55.1 Å². The molecule has 2 atom stereocenters. The van der Waals surface area contributed by atoms with E-state index in [0.717, 1.165) is 48.6 Å². The summed E-state index contributed by atoms with van der Waals surface area (Å²) in [5.74, 6) is 1.22. The van der Waals surface area contributed by atoms with Crippen molar-refractivity contribution in [1.29, 1.82) is 0 Å². The van der Waals surface area contributed by atoms with E-state index in [9.17, 15) is 4.79 Å². The van der Waals surface area contributed by atoms with Gasteiger partial charge in [0.05, 0.1) is 7.11 Å². The summed E-state index contributed by atoms with van der Waals surface area (Å²) in [5, 5.41) is 1.98. The van der Waals surface area contributed by atoms with Crippen LogP contribution in [-0.2, 0) is 23.1 Å². The number of carbonyl (C=O) groups excluding carboxylic acids is 1. The van der Waals surface area contributed by atoms with E-state index in [1.165, 1.54) is 28.3 Å². The van der Waals surface area contributed by atoms with Crippen LogP contribution in [0.25, 0.3) is 10.9 Å². The van der Waals surface area contributed by atoms with Crippen molar-refractivity contribution < 1.29 is 9.53 Å². The zero-order valence-corrected chi connectivity index (χ0v) is 17.8. The fourth-order valence-electron chi connectivity index (χ4n) is 5.54. The van der Waals surface area contributed by atoms with Crippen LogP contribution >= 0.6 is 11.6 Å². The molecule has 30 heavy (non-hydrogen) atoms. The topological polar surface area (TPSA) is 45.3 Å².